The third kappa shape index (κ3) is 9.50. The molecule has 2 heterocycles. The summed E-state index contributed by atoms with van der Waals surface area (Å²) < 4.78 is 30.4. The van der Waals surface area contributed by atoms with Gasteiger partial charge in [-0.3, -0.25) is 14.4 Å². The highest BCUT2D eigenvalue weighted by atomic mass is 16.7. The molecule has 14 nitrogen and oxygen atoms in total. The lowest BCUT2D eigenvalue weighted by molar-refractivity contribution is -0.303. The molecule has 2 rings (SSSR count). The molecule has 0 bridgehead atoms. The number of rotatable bonds is 8. The van der Waals surface area contributed by atoms with Gasteiger partial charge in [-0.1, -0.05) is 25.9 Å². The van der Waals surface area contributed by atoms with Gasteiger partial charge in [0.05, 0.1) is 42.4 Å². The number of ether oxygens (including phenoxy) is 5. The summed E-state index contributed by atoms with van der Waals surface area (Å²) in [5.41, 5.74) is 5.99. The van der Waals surface area contributed by atoms with Crippen molar-refractivity contribution in [3.63, 3.8) is 0 Å². The highest BCUT2D eigenvalue weighted by Crippen LogP contribution is 2.39. The van der Waals surface area contributed by atoms with E-state index in [0.29, 0.717) is 6.42 Å². The Hall–Kier alpha value is -2.58. The summed E-state index contributed by atoms with van der Waals surface area (Å²) in [7, 11) is 5.19. The van der Waals surface area contributed by atoms with E-state index in [1.54, 1.807) is 27.7 Å². The Morgan fingerprint density at radius 3 is 2.37 bits per heavy atom. The predicted octanol–water partition coefficient (Wildman–Crippen LogP) is 3.33. The fourth-order valence-electron chi connectivity index (χ4n) is 6.64. The number of hydrogen-bond donors (Lipinski definition) is 2. The maximum absolute atomic E-state index is 13.9. The largest absolute Gasteiger partial charge is 0.459 e. The van der Waals surface area contributed by atoms with Gasteiger partial charge in [0.25, 0.3) is 0 Å². The molecule has 46 heavy (non-hydrogen) atoms. The van der Waals surface area contributed by atoms with Gasteiger partial charge >= 0.3 is 11.9 Å². The SMILES string of the molecule is CC[C@H]1OC(=O)[C@H](C)[C@@H](O)[C@H](C)[C@@H](O[C@@H]2O[C@H](C)C[C@H](N(C)C)[C@H]2OC(C)=O)[C@@](C)(OC)C[C@@H](C)C(=O)/C(CN=[N+]=[N-])=C/[C@]1(C)O. The van der Waals surface area contributed by atoms with Gasteiger partial charge in [0.1, 0.15) is 11.7 Å². The zero-order chi connectivity index (χ0) is 35.1. The fourth-order valence-corrected chi connectivity index (χ4v) is 6.64. The highest BCUT2D eigenvalue weighted by molar-refractivity contribution is 5.97. The Bertz CT molecular complexity index is 1160. The van der Waals surface area contributed by atoms with Crippen LogP contribution in [0.4, 0.5) is 0 Å². The molecule has 0 aromatic rings. The first-order chi connectivity index (χ1) is 21.3. The molecule has 1 fully saturated rings. The van der Waals surface area contributed by atoms with Crippen LogP contribution in [0.5, 0.6) is 0 Å². The lowest BCUT2D eigenvalue weighted by Gasteiger charge is -2.48. The molecule has 0 aromatic carbocycles. The Morgan fingerprint density at radius 2 is 1.85 bits per heavy atom. The third-order valence-electron chi connectivity index (χ3n) is 9.33. The molecule has 0 saturated carbocycles. The van der Waals surface area contributed by atoms with E-state index in [-0.39, 0.29) is 37.1 Å². The molecule has 0 unspecified atom stereocenters. The second kappa shape index (κ2) is 16.5. The van der Waals surface area contributed by atoms with Crippen molar-refractivity contribution in [1.82, 2.24) is 4.90 Å². The summed E-state index contributed by atoms with van der Waals surface area (Å²) in [4.78, 5) is 44.3. The van der Waals surface area contributed by atoms with E-state index in [1.165, 1.54) is 34.0 Å². The molecule has 0 radical (unpaired) electrons. The zero-order valence-electron chi connectivity index (χ0n) is 29.1. The number of likely N-dealkylation sites (N-methyl/N-ethyl adjacent to an activating group) is 1. The van der Waals surface area contributed by atoms with E-state index >= 15 is 0 Å². The smallest absolute Gasteiger partial charge is 0.311 e. The molecule has 14 heteroatoms. The molecule has 2 N–H and O–H groups in total. The van der Waals surface area contributed by atoms with Gasteiger partial charge in [-0.15, -0.1) is 0 Å². The number of cyclic esters (lactones) is 1. The van der Waals surface area contributed by atoms with Crippen LogP contribution in [0.3, 0.4) is 0 Å². The summed E-state index contributed by atoms with van der Waals surface area (Å²) in [5.74, 6) is -4.32. The number of ketones is 1. The van der Waals surface area contributed by atoms with E-state index in [9.17, 15) is 24.6 Å². The molecule has 0 aromatic heterocycles. The minimum Gasteiger partial charge on any atom is -0.459 e. The average molecular weight is 655 g/mol. The van der Waals surface area contributed by atoms with Crippen LogP contribution in [0.25, 0.3) is 10.4 Å². The first-order valence-electron chi connectivity index (χ1n) is 15.9. The van der Waals surface area contributed by atoms with Crippen LogP contribution < -0.4 is 0 Å². The minimum absolute atomic E-state index is 0.0482. The first kappa shape index (κ1) is 39.6. The predicted molar refractivity (Wildman–Crippen MR) is 168 cm³/mol. The van der Waals surface area contributed by atoms with Crippen molar-refractivity contribution < 1.29 is 48.3 Å². The van der Waals surface area contributed by atoms with Gasteiger partial charge in [-0.2, -0.15) is 0 Å². The maximum Gasteiger partial charge on any atom is 0.311 e. The van der Waals surface area contributed by atoms with Gasteiger partial charge in [0.15, 0.2) is 18.2 Å². The topological polar surface area (TPSA) is 190 Å². The quantitative estimate of drug-likeness (QED) is 0.169. The zero-order valence-corrected chi connectivity index (χ0v) is 29.1. The van der Waals surface area contributed by atoms with Crippen LogP contribution >= 0.6 is 0 Å². The van der Waals surface area contributed by atoms with Gasteiger partial charge in [-0.25, -0.2) is 0 Å². The van der Waals surface area contributed by atoms with Crippen molar-refractivity contribution in [2.45, 2.75) is 129 Å². The summed E-state index contributed by atoms with van der Waals surface area (Å²) in [6.45, 7) is 12.6. The van der Waals surface area contributed by atoms with Crippen LogP contribution in [0, 0.1) is 17.8 Å². The average Bonchev–Trinajstić information content (AvgIpc) is 2.98. The van der Waals surface area contributed by atoms with E-state index in [0.717, 1.165) is 0 Å². The van der Waals surface area contributed by atoms with Crippen molar-refractivity contribution in [2.75, 3.05) is 27.7 Å². The van der Waals surface area contributed by atoms with Crippen molar-refractivity contribution in [1.29, 1.82) is 0 Å². The standard InChI is InChI=1S/C32H54N4O10/c1-12-24-31(7,41)15-22(16-34-35-33)25(38)17(2)14-32(8,42-11)28(19(4)26(39)20(5)29(40)45-24)46-30-27(44-21(6)37)23(36(9)10)13-18(3)43-30/h15,17-20,23-24,26-28,30,39,41H,12-14,16H2,1-11H3/b22-15+/t17-,18-,19+,20-,23+,24-,26+,27-,28-,30+,31+,32+/m1/s1. The molecular weight excluding hydrogens is 600 g/mol. The van der Waals surface area contributed by atoms with E-state index in [1.807, 2.05) is 25.9 Å². The van der Waals surface area contributed by atoms with Crippen LogP contribution in [0.15, 0.2) is 16.8 Å². The first-order valence-corrected chi connectivity index (χ1v) is 15.9. The van der Waals surface area contributed by atoms with Crippen molar-refractivity contribution in [3.05, 3.63) is 22.1 Å². The molecular formula is C32H54N4O10. The molecule has 2 aliphatic heterocycles. The van der Waals surface area contributed by atoms with Crippen molar-refractivity contribution in [2.24, 2.45) is 22.9 Å². The number of carbonyl (C=O) groups is 3. The number of aliphatic hydroxyl groups is 2. The summed E-state index contributed by atoms with van der Waals surface area (Å²) >= 11 is 0. The van der Waals surface area contributed by atoms with Crippen LogP contribution in [-0.4, -0.2) is 115 Å². The van der Waals surface area contributed by atoms with Crippen LogP contribution in [0.1, 0.15) is 74.7 Å². The summed E-state index contributed by atoms with van der Waals surface area (Å²) in [5, 5.41) is 26.6. The normalized spacial score (nSPS) is 41.0. The number of carbonyl (C=O) groups excluding carboxylic acids is 3. The van der Waals surface area contributed by atoms with Crippen molar-refractivity contribution in [3.8, 4) is 0 Å². The number of esters is 2. The lowest BCUT2D eigenvalue weighted by atomic mass is 9.76. The summed E-state index contributed by atoms with van der Waals surface area (Å²) in [6, 6.07) is -0.258. The Balaban J connectivity index is 2.74. The highest BCUT2D eigenvalue weighted by Gasteiger charge is 2.50. The summed E-state index contributed by atoms with van der Waals surface area (Å²) in [6.07, 6.45) is -3.50. The monoisotopic (exact) mass is 654 g/mol. The van der Waals surface area contributed by atoms with Gasteiger partial charge in [-0.05, 0) is 72.7 Å². The number of hydrogen-bond acceptors (Lipinski definition) is 12. The van der Waals surface area contributed by atoms with Crippen LogP contribution in [0.2, 0.25) is 0 Å². The second-order valence-electron chi connectivity index (χ2n) is 13.5. The molecule has 0 aliphatic carbocycles. The molecule has 262 valence electrons. The van der Waals surface area contributed by atoms with Crippen LogP contribution in [-0.2, 0) is 38.1 Å². The maximum atomic E-state index is 13.9. The molecule has 12 atom stereocenters. The Morgan fingerprint density at radius 1 is 1.22 bits per heavy atom. The number of Topliss-reactive ketones (excluding diaryl/α,β-unsaturated/α-hetero) is 1. The Labute approximate surface area is 272 Å². The van der Waals surface area contributed by atoms with Gasteiger partial charge < -0.3 is 38.8 Å². The molecule has 0 amide bonds. The molecule has 0 spiro atoms. The fraction of sp³-hybridized carbons (Fsp3) is 0.844. The van der Waals surface area contributed by atoms with Crippen molar-refractivity contribution >= 4 is 17.7 Å². The number of methoxy groups -OCH3 is 1. The molecule has 2 aliphatic rings. The van der Waals surface area contributed by atoms with Gasteiger partial charge in [0.2, 0.25) is 0 Å². The number of aliphatic hydroxyl groups excluding tert-OH is 1. The van der Waals surface area contributed by atoms with E-state index in [4.69, 9.17) is 29.2 Å². The number of azide groups is 1. The second-order valence-corrected chi connectivity index (χ2v) is 13.5. The van der Waals surface area contributed by atoms with Gasteiger partial charge in [0, 0.05) is 36.4 Å². The molecule has 1 saturated heterocycles. The van der Waals surface area contributed by atoms with E-state index < -0.39 is 77.4 Å². The Kier molecular flexibility index (Phi) is 14.2. The lowest BCUT2D eigenvalue weighted by Crippen LogP contribution is -2.60. The van der Waals surface area contributed by atoms with E-state index in [2.05, 4.69) is 10.0 Å². The minimum atomic E-state index is -1.79. The number of nitrogens with zero attached hydrogens (tertiary/aromatic N) is 4. The third-order valence-corrected chi connectivity index (χ3v) is 9.33.